The fraction of sp³-hybridized carbons (Fsp3) is 0.500. The molecule has 1 amide bonds. The Kier molecular flexibility index (Phi) is 3.94. The Bertz CT molecular complexity index is 540. The molecule has 7 nitrogen and oxygen atoms in total. The van der Waals surface area contributed by atoms with Gasteiger partial charge in [-0.15, -0.1) is 0 Å². The number of piperidine rings is 1. The van der Waals surface area contributed by atoms with Crippen molar-refractivity contribution in [3.05, 3.63) is 28.9 Å². The number of hydrogen-bond acceptors (Lipinski definition) is 4. The van der Waals surface area contributed by atoms with Crippen LogP contribution in [0.4, 0.5) is 0 Å². The van der Waals surface area contributed by atoms with Crippen LogP contribution in [-0.2, 0) is 16.1 Å². The molecule has 0 unspecified atom stereocenters. The Morgan fingerprint density at radius 3 is 2.95 bits per heavy atom. The largest absolute Gasteiger partial charge is 0.481 e. The van der Waals surface area contributed by atoms with Gasteiger partial charge in [0.05, 0.1) is 5.92 Å². The van der Waals surface area contributed by atoms with Gasteiger partial charge in [-0.2, -0.15) is 0 Å². The van der Waals surface area contributed by atoms with E-state index in [2.05, 4.69) is 4.98 Å². The molecule has 1 saturated heterocycles. The summed E-state index contributed by atoms with van der Waals surface area (Å²) in [5.41, 5.74) is -0.484. The van der Waals surface area contributed by atoms with Crippen LogP contribution >= 0.6 is 0 Å². The second-order valence-corrected chi connectivity index (χ2v) is 4.55. The lowest BCUT2D eigenvalue weighted by Gasteiger charge is -2.30. The van der Waals surface area contributed by atoms with E-state index in [1.54, 1.807) is 6.07 Å². The standard InChI is InChI=1S/C12H15N3O4/c16-10(8-15-6-2-4-13-12(15)19)14-5-1-3-9(7-14)11(17)18/h2,4,6,9H,1,3,5,7-8H2,(H,17,18)/t9-/m0/s1. The molecule has 0 aromatic carbocycles. The zero-order valence-electron chi connectivity index (χ0n) is 10.4. The fourth-order valence-corrected chi connectivity index (χ4v) is 2.16. The molecule has 2 heterocycles. The SMILES string of the molecule is O=C(O)[C@H]1CCCN(C(=O)Cn2cccnc2=O)C1. The van der Waals surface area contributed by atoms with Crippen LogP contribution in [0.3, 0.4) is 0 Å². The summed E-state index contributed by atoms with van der Waals surface area (Å²) in [5, 5.41) is 8.97. The van der Waals surface area contributed by atoms with Crippen LogP contribution in [0.15, 0.2) is 23.3 Å². The maximum absolute atomic E-state index is 12.0. The summed E-state index contributed by atoms with van der Waals surface area (Å²) >= 11 is 0. The topological polar surface area (TPSA) is 92.5 Å². The van der Waals surface area contributed by atoms with Crippen LogP contribution in [0.1, 0.15) is 12.8 Å². The highest BCUT2D eigenvalue weighted by atomic mass is 16.4. The number of rotatable bonds is 3. The van der Waals surface area contributed by atoms with E-state index in [0.29, 0.717) is 19.4 Å². The molecule has 0 radical (unpaired) electrons. The van der Waals surface area contributed by atoms with Crippen LogP contribution < -0.4 is 5.69 Å². The van der Waals surface area contributed by atoms with E-state index >= 15 is 0 Å². The number of carboxylic acids is 1. The first-order chi connectivity index (χ1) is 9.08. The van der Waals surface area contributed by atoms with Gasteiger partial charge >= 0.3 is 11.7 Å². The Hall–Kier alpha value is -2.18. The van der Waals surface area contributed by atoms with Crippen molar-refractivity contribution >= 4 is 11.9 Å². The minimum Gasteiger partial charge on any atom is -0.481 e. The summed E-state index contributed by atoms with van der Waals surface area (Å²) < 4.78 is 1.21. The average Bonchev–Trinajstić information content (AvgIpc) is 2.41. The van der Waals surface area contributed by atoms with E-state index in [4.69, 9.17) is 5.11 Å². The summed E-state index contributed by atoms with van der Waals surface area (Å²) in [6, 6.07) is 1.57. The third-order valence-corrected chi connectivity index (χ3v) is 3.21. The van der Waals surface area contributed by atoms with Gasteiger partial charge in [0.25, 0.3) is 0 Å². The number of amides is 1. The number of hydrogen-bond donors (Lipinski definition) is 1. The molecule has 1 atom stereocenters. The molecule has 1 aliphatic heterocycles. The summed E-state index contributed by atoms with van der Waals surface area (Å²) in [6.45, 7) is 0.653. The van der Waals surface area contributed by atoms with Gasteiger partial charge in [-0.05, 0) is 18.9 Å². The molecule has 0 spiro atoms. The lowest BCUT2D eigenvalue weighted by Crippen LogP contribution is -2.44. The Morgan fingerprint density at radius 1 is 1.47 bits per heavy atom. The van der Waals surface area contributed by atoms with E-state index in [1.807, 2.05) is 0 Å². The highest BCUT2D eigenvalue weighted by Crippen LogP contribution is 2.16. The zero-order chi connectivity index (χ0) is 13.8. The third kappa shape index (κ3) is 3.18. The van der Waals surface area contributed by atoms with Gasteiger partial charge in [-0.1, -0.05) is 0 Å². The molecule has 0 aliphatic carbocycles. The van der Waals surface area contributed by atoms with Crippen LogP contribution in [0, 0.1) is 5.92 Å². The number of carbonyl (C=O) groups excluding carboxylic acids is 1. The van der Waals surface area contributed by atoms with E-state index in [0.717, 1.165) is 0 Å². The second-order valence-electron chi connectivity index (χ2n) is 4.55. The highest BCUT2D eigenvalue weighted by molar-refractivity contribution is 5.77. The first-order valence-corrected chi connectivity index (χ1v) is 6.10. The molecule has 1 aromatic heterocycles. The minimum atomic E-state index is -0.879. The smallest absolute Gasteiger partial charge is 0.347 e. The number of nitrogens with zero attached hydrogens (tertiary/aromatic N) is 3. The van der Waals surface area contributed by atoms with E-state index in [9.17, 15) is 14.4 Å². The van der Waals surface area contributed by atoms with E-state index in [1.165, 1.54) is 21.9 Å². The maximum Gasteiger partial charge on any atom is 0.347 e. The van der Waals surface area contributed by atoms with Crippen molar-refractivity contribution in [3.63, 3.8) is 0 Å². The van der Waals surface area contributed by atoms with Gasteiger partial charge in [0.15, 0.2) is 0 Å². The summed E-state index contributed by atoms with van der Waals surface area (Å²) in [7, 11) is 0. The molecular formula is C12H15N3O4. The molecule has 19 heavy (non-hydrogen) atoms. The van der Waals surface area contributed by atoms with Crippen LogP contribution in [0.2, 0.25) is 0 Å². The molecule has 102 valence electrons. The van der Waals surface area contributed by atoms with Gasteiger partial charge in [-0.25, -0.2) is 9.78 Å². The molecule has 7 heteroatoms. The van der Waals surface area contributed by atoms with Crippen molar-refractivity contribution in [3.8, 4) is 0 Å². The second kappa shape index (κ2) is 5.64. The van der Waals surface area contributed by atoms with Gasteiger partial charge in [0, 0.05) is 25.5 Å². The predicted octanol–water partition coefficient (Wildman–Crippen LogP) is -0.434. The molecule has 1 N–H and O–H groups in total. The number of likely N-dealkylation sites (tertiary alicyclic amines) is 1. The van der Waals surface area contributed by atoms with Gasteiger partial charge in [0.2, 0.25) is 5.91 Å². The first-order valence-electron chi connectivity index (χ1n) is 6.10. The van der Waals surface area contributed by atoms with Crippen molar-refractivity contribution in [1.82, 2.24) is 14.5 Å². The quantitative estimate of drug-likeness (QED) is 0.800. The Labute approximate surface area is 109 Å². The van der Waals surface area contributed by atoms with Gasteiger partial charge in [-0.3, -0.25) is 14.2 Å². The zero-order valence-corrected chi connectivity index (χ0v) is 10.4. The van der Waals surface area contributed by atoms with Gasteiger partial charge in [0.1, 0.15) is 6.54 Å². The van der Waals surface area contributed by atoms with Crippen molar-refractivity contribution in [2.75, 3.05) is 13.1 Å². The van der Waals surface area contributed by atoms with E-state index < -0.39 is 17.6 Å². The molecule has 1 aromatic rings. The monoisotopic (exact) mass is 265 g/mol. The third-order valence-electron chi connectivity index (χ3n) is 3.21. The van der Waals surface area contributed by atoms with E-state index in [-0.39, 0.29) is 19.0 Å². The minimum absolute atomic E-state index is 0.0982. The molecular weight excluding hydrogens is 250 g/mol. The number of carbonyl (C=O) groups is 2. The lowest BCUT2D eigenvalue weighted by atomic mass is 9.98. The number of aliphatic carboxylic acids is 1. The molecule has 0 saturated carbocycles. The van der Waals surface area contributed by atoms with Crippen LogP contribution in [0.25, 0.3) is 0 Å². The fourth-order valence-electron chi connectivity index (χ4n) is 2.16. The summed E-state index contributed by atoms with van der Waals surface area (Å²) in [5.74, 6) is -1.64. The Morgan fingerprint density at radius 2 is 2.26 bits per heavy atom. The summed E-state index contributed by atoms with van der Waals surface area (Å²) in [6.07, 6.45) is 4.12. The van der Waals surface area contributed by atoms with Crippen molar-refractivity contribution in [2.45, 2.75) is 19.4 Å². The highest BCUT2D eigenvalue weighted by Gasteiger charge is 2.28. The summed E-state index contributed by atoms with van der Waals surface area (Å²) in [4.78, 5) is 39.4. The molecule has 1 fully saturated rings. The lowest BCUT2D eigenvalue weighted by molar-refractivity contribution is -0.145. The number of aromatic nitrogens is 2. The van der Waals surface area contributed by atoms with Crippen molar-refractivity contribution < 1.29 is 14.7 Å². The normalized spacial score (nSPS) is 19.2. The average molecular weight is 265 g/mol. The Balaban J connectivity index is 2.02. The molecule has 2 rings (SSSR count). The van der Waals surface area contributed by atoms with Crippen molar-refractivity contribution in [1.29, 1.82) is 0 Å². The first kappa shape index (κ1) is 13.3. The van der Waals surface area contributed by atoms with Crippen LogP contribution in [0.5, 0.6) is 0 Å². The van der Waals surface area contributed by atoms with Gasteiger partial charge < -0.3 is 10.0 Å². The number of carboxylic acid groups (broad SMARTS) is 1. The molecule has 1 aliphatic rings. The molecule has 0 bridgehead atoms. The maximum atomic E-state index is 12.0. The van der Waals surface area contributed by atoms with Crippen molar-refractivity contribution in [2.24, 2.45) is 5.92 Å². The predicted molar refractivity (Wildman–Crippen MR) is 65.4 cm³/mol. The van der Waals surface area contributed by atoms with Crippen LogP contribution in [-0.4, -0.2) is 44.5 Å².